The second kappa shape index (κ2) is 5.25. The van der Waals surface area contributed by atoms with E-state index in [9.17, 15) is 4.79 Å². The minimum atomic E-state index is -0.172. The first kappa shape index (κ1) is 12.5. The van der Waals surface area contributed by atoms with Crippen molar-refractivity contribution in [1.29, 1.82) is 0 Å². The largest absolute Gasteiger partial charge is 0.451 e. The van der Waals surface area contributed by atoms with Gasteiger partial charge in [-0.3, -0.25) is 4.79 Å². The van der Waals surface area contributed by atoms with Crippen molar-refractivity contribution in [3.8, 4) is 0 Å². The highest BCUT2D eigenvalue weighted by Crippen LogP contribution is 2.24. The van der Waals surface area contributed by atoms with Crippen molar-refractivity contribution >= 4 is 28.5 Å². The van der Waals surface area contributed by atoms with E-state index in [0.29, 0.717) is 5.76 Å². The Morgan fingerprint density at radius 2 is 2.05 bits per heavy atom. The monoisotopic (exact) mass is 277 g/mol. The number of fused-ring (bicyclic) bond motifs is 1. The van der Waals surface area contributed by atoms with Gasteiger partial charge in [-0.1, -0.05) is 31.0 Å². The number of nitrogens with one attached hydrogen (secondary N) is 1. The molecule has 0 bridgehead atoms. The van der Waals surface area contributed by atoms with E-state index in [0.717, 1.165) is 36.7 Å². The highest BCUT2D eigenvalue weighted by atomic mass is 35.5. The Morgan fingerprint density at radius 3 is 2.84 bits per heavy atom. The van der Waals surface area contributed by atoms with Gasteiger partial charge in [-0.05, 0) is 25.0 Å². The first-order valence-electron chi connectivity index (χ1n) is 6.67. The van der Waals surface area contributed by atoms with E-state index >= 15 is 0 Å². The molecule has 0 aliphatic heterocycles. The van der Waals surface area contributed by atoms with E-state index in [2.05, 4.69) is 5.32 Å². The lowest BCUT2D eigenvalue weighted by molar-refractivity contribution is 0.0902. The average Bonchev–Trinajstić information content (AvgIpc) is 2.85. The molecule has 1 fully saturated rings. The molecule has 1 aliphatic carbocycles. The van der Waals surface area contributed by atoms with E-state index in [1.54, 1.807) is 6.07 Å². The number of carbonyl (C=O) groups is 1. The predicted octanol–water partition coefficient (Wildman–Crippen LogP) is 3.71. The Labute approximate surface area is 116 Å². The lowest BCUT2D eigenvalue weighted by atomic mass is 9.95. The number of benzene rings is 1. The third kappa shape index (κ3) is 2.61. The van der Waals surface area contributed by atoms with Crippen molar-refractivity contribution in [3.63, 3.8) is 0 Å². The van der Waals surface area contributed by atoms with Gasteiger partial charge >= 0.3 is 0 Å². The molecule has 1 heterocycles. The fourth-order valence-electron chi connectivity index (χ4n) is 2.58. The van der Waals surface area contributed by atoms with Crippen LogP contribution >= 0.6 is 11.6 Å². The van der Waals surface area contributed by atoms with Crippen molar-refractivity contribution in [1.82, 2.24) is 5.32 Å². The van der Waals surface area contributed by atoms with Crippen LogP contribution in [0.5, 0.6) is 0 Å². The summed E-state index contributed by atoms with van der Waals surface area (Å²) >= 11 is 6.25. The summed E-state index contributed by atoms with van der Waals surface area (Å²) in [6.07, 6.45) is 4.17. The number of rotatable bonds is 2. The van der Waals surface area contributed by atoms with Gasteiger partial charge in [-0.15, -0.1) is 11.6 Å². The zero-order chi connectivity index (χ0) is 13.2. The van der Waals surface area contributed by atoms with Crippen LogP contribution in [0.3, 0.4) is 0 Å². The third-order valence-corrected chi connectivity index (χ3v) is 4.17. The molecule has 1 aromatic heterocycles. The highest BCUT2D eigenvalue weighted by Gasteiger charge is 2.25. The SMILES string of the molecule is O=C(NC1CCCCC1Cl)c1cc2ccccc2o1. The Balaban J connectivity index is 1.76. The van der Waals surface area contributed by atoms with E-state index < -0.39 is 0 Å². The molecule has 1 aliphatic rings. The van der Waals surface area contributed by atoms with Crippen molar-refractivity contribution in [2.24, 2.45) is 0 Å². The summed E-state index contributed by atoms with van der Waals surface area (Å²) in [6, 6.07) is 9.43. The van der Waals surface area contributed by atoms with Crippen molar-refractivity contribution in [2.45, 2.75) is 37.1 Å². The van der Waals surface area contributed by atoms with Gasteiger partial charge in [0.05, 0.1) is 5.38 Å². The lowest BCUT2D eigenvalue weighted by Gasteiger charge is -2.27. The molecular weight excluding hydrogens is 262 g/mol. The van der Waals surface area contributed by atoms with Gasteiger partial charge in [0.1, 0.15) is 5.58 Å². The third-order valence-electron chi connectivity index (χ3n) is 3.65. The van der Waals surface area contributed by atoms with Crippen LogP contribution in [-0.4, -0.2) is 17.3 Å². The van der Waals surface area contributed by atoms with Crippen LogP contribution in [-0.2, 0) is 0 Å². The van der Waals surface area contributed by atoms with Crippen LogP contribution in [0.4, 0.5) is 0 Å². The number of furan rings is 1. The minimum absolute atomic E-state index is 0.0297. The predicted molar refractivity (Wildman–Crippen MR) is 75.6 cm³/mol. The van der Waals surface area contributed by atoms with Crippen LogP contribution < -0.4 is 5.32 Å². The molecule has 1 saturated carbocycles. The smallest absolute Gasteiger partial charge is 0.287 e. The van der Waals surface area contributed by atoms with E-state index in [1.807, 2.05) is 24.3 Å². The maximum atomic E-state index is 12.2. The average molecular weight is 278 g/mol. The summed E-state index contributed by atoms with van der Waals surface area (Å²) in [7, 11) is 0. The molecule has 0 spiro atoms. The fourth-order valence-corrected chi connectivity index (χ4v) is 2.92. The molecule has 4 heteroatoms. The number of para-hydroxylation sites is 1. The van der Waals surface area contributed by atoms with Gasteiger partial charge in [-0.25, -0.2) is 0 Å². The van der Waals surface area contributed by atoms with Gasteiger partial charge in [0.2, 0.25) is 0 Å². The summed E-state index contributed by atoms with van der Waals surface area (Å²) in [5.41, 5.74) is 0.735. The Bertz CT molecular complexity index is 560. The van der Waals surface area contributed by atoms with Crippen LogP contribution in [0.2, 0.25) is 0 Å². The summed E-state index contributed by atoms with van der Waals surface area (Å²) < 4.78 is 5.55. The van der Waals surface area contributed by atoms with Crippen LogP contribution in [0.25, 0.3) is 11.0 Å². The normalized spacial score (nSPS) is 23.4. The van der Waals surface area contributed by atoms with Crippen LogP contribution in [0.15, 0.2) is 34.7 Å². The molecule has 1 N–H and O–H groups in total. The van der Waals surface area contributed by atoms with Gasteiger partial charge in [0.15, 0.2) is 5.76 Å². The Kier molecular flexibility index (Phi) is 3.47. The number of carbonyl (C=O) groups excluding carboxylic acids is 1. The first-order chi connectivity index (χ1) is 9.24. The van der Waals surface area contributed by atoms with Crippen LogP contribution in [0.1, 0.15) is 36.2 Å². The van der Waals surface area contributed by atoms with Gasteiger partial charge < -0.3 is 9.73 Å². The molecule has 1 amide bonds. The number of hydrogen-bond donors (Lipinski definition) is 1. The molecule has 3 rings (SSSR count). The molecule has 3 nitrogen and oxygen atoms in total. The quantitative estimate of drug-likeness (QED) is 0.850. The topological polar surface area (TPSA) is 42.2 Å². The zero-order valence-corrected chi connectivity index (χ0v) is 11.3. The number of alkyl halides is 1. The Morgan fingerprint density at radius 1 is 1.26 bits per heavy atom. The van der Waals surface area contributed by atoms with Crippen molar-refractivity contribution in [2.75, 3.05) is 0 Å². The highest BCUT2D eigenvalue weighted by molar-refractivity contribution is 6.21. The zero-order valence-electron chi connectivity index (χ0n) is 10.6. The van der Waals surface area contributed by atoms with Crippen molar-refractivity contribution in [3.05, 3.63) is 36.1 Å². The summed E-state index contributed by atoms with van der Waals surface area (Å²) in [5.74, 6) is 0.185. The fraction of sp³-hybridized carbons (Fsp3) is 0.400. The van der Waals surface area contributed by atoms with E-state index in [4.69, 9.17) is 16.0 Å². The number of amides is 1. The molecule has 100 valence electrons. The summed E-state index contributed by atoms with van der Waals surface area (Å²) in [4.78, 5) is 12.2. The van der Waals surface area contributed by atoms with Gasteiger partial charge in [0.25, 0.3) is 5.91 Å². The molecule has 2 unspecified atom stereocenters. The van der Waals surface area contributed by atoms with E-state index in [-0.39, 0.29) is 17.3 Å². The van der Waals surface area contributed by atoms with E-state index in [1.165, 1.54) is 0 Å². The summed E-state index contributed by atoms with van der Waals surface area (Å²) in [6.45, 7) is 0. The molecule has 1 aromatic carbocycles. The van der Waals surface area contributed by atoms with Gasteiger partial charge in [-0.2, -0.15) is 0 Å². The maximum absolute atomic E-state index is 12.2. The second-order valence-corrected chi connectivity index (χ2v) is 5.59. The lowest BCUT2D eigenvalue weighted by Crippen LogP contribution is -2.42. The maximum Gasteiger partial charge on any atom is 0.287 e. The minimum Gasteiger partial charge on any atom is -0.451 e. The molecular formula is C15H16ClNO2. The molecule has 2 atom stereocenters. The first-order valence-corrected chi connectivity index (χ1v) is 7.11. The molecule has 0 saturated heterocycles. The number of halogens is 1. The molecule has 19 heavy (non-hydrogen) atoms. The number of hydrogen-bond acceptors (Lipinski definition) is 2. The Hall–Kier alpha value is -1.48. The van der Waals surface area contributed by atoms with Crippen LogP contribution in [0, 0.1) is 0 Å². The van der Waals surface area contributed by atoms with Gasteiger partial charge in [0, 0.05) is 11.4 Å². The molecule has 2 aromatic rings. The summed E-state index contributed by atoms with van der Waals surface area (Å²) in [5, 5.41) is 3.95. The standard InChI is InChI=1S/C15H16ClNO2/c16-11-6-2-3-7-12(11)17-15(18)14-9-10-5-1-4-8-13(10)19-14/h1,4-5,8-9,11-12H,2-3,6-7H2,(H,17,18). The van der Waals surface area contributed by atoms with Crippen molar-refractivity contribution < 1.29 is 9.21 Å². The second-order valence-electron chi connectivity index (χ2n) is 5.03. The molecule has 0 radical (unpaired) electrons.